The Bertz CT molecular complexity index is 229. The lowest BCUT2D eigenvalue weighted by Crippen LogP contribution is -2.38. The van der Waals surface area contributed by atoms with Gasteiger partial charge in [-0.05, 0) is 55.4 Å². The van der Waals surface area contributed by atoms with Crippen molar-refractivity contribution < 1.29 is 0 Å². The van der Waals surface area contributed by atoms with E-state index in [1.165, 1.54) is 36.1 Å². The highest BCUT2D eigenvalue weighted by atomic mass is 33.1. The minimum absolute atomic E-state index is 0.654. The molecule has 0 radical (unpaired) electrons. The third kappa shape index (κ3) is 12.0. The van der Waals surface area contributed by atoms with Crippen LogP contribution in [0.3, 0.4) is 0 Å². The van der Waals surface area contributed by atoms with Crippen LogP contribution in [0.2, 0.25) is 0 Å². The number of nitrogens with zero attached hydrogens (tertiary/aromatic N) is 2. The summed E-state index contributed by atoms with van der Waals surface area (Å²) in [6.07, 6.45) is 0. The monoisotopic (exact) mass is 380 g/mol. The van der Waals surface area contributed by atoms with Crippen molar-refractivity contribution in [1.29, 1.82) is 0 Å². The number of thioether (sulfide) groups is 1. The minimum atomic E-state index is 0.654. The van der Waals surface area contributed by atoms with E-state index in [2.05, 4.69) is 77.0 Å². The molecule has 23 heavy (non-hydrogen) atoms. The summed E-state index contributed by atoms with van der Waals surface area (Å²) in [4.78, 5) is 5.16. The highest BCUT2D eigenvalue weighted by Crippen LogP contribution is 2.23. The maximum Gasteiger partial charge on any atom is 0.0165 e. The molecule has 0 aromatic carbocycles. The average Bonchev–Trinajstić information content (AvgIpc) is 2.42. The molecule has 5 heteroatoms. The third-order valence-corrected chi connectivity index (χ3v) is 7.58. The van der Waals surface area contributed by atoms with E-state index in [9.17, 15) is 0 Å². The van der Waals surface area contributed by atoms with Crippen molar-refractivity contribution in [3.8, 4) is 0 Å². The second-order valence-corrected chi connectivity index (χ2v) is 11.0. The molecule has 0 N–H and O–H groups in total. The first-order chi connectivity index (χ1) is 10.8. The lowest BCUT2D eigenvalue weighted by atomic mass is 10.2. The molecule has 0 spiro atoms. The quantitative estimate of drug-likeness (QED) is 0.295. The largest absolute Gasteiger partial charge is 0.298 e. The minimum Gasteiger partial charge on any atom is -0.298 e. The van der Waals surface area contributed by atoms with Gasteiger partial charge in [0.25, 0.3) is 0 Å². The molecule has 140 valence electrons. The van der Waals surface area contributed by atoms with Crippen LogP contribution < -0.4 is 0 Å². The molecular formula is C18H40N2S3. The van der Waals surface area contributed by atoms with Gasteiger partial charge in [-0.3, -0.25) is 9.80 Å². The lowest BCUT2D eigenvalue weighted by Gasteiger charge is -2.30. The van der Waals surface area contributed by atoms with Gasteiger partial charge in [-0.25, -0.2) is 0 Å². The van der Waals surface area contributed by atoms with E-state index in [0.717, 1.165) is 0 Å². The molecule has 0 fully saturated rings. The molecule has 0 bridgehead atoms. The van der Waals surface area contributed by atoms with Crippen molar-refractivity contribution >= 4 is 33.3 Å². The molecule has 0 saturated heterocycles. The Morgan fingerprint density at radius 3 is 1.35 bits per heavy atom. The van der Waals surface area contributed by atoms with E-state index in [0.29, 0.717) is 24.2 Å². The van der Waals surface area contributed by atoms with E-state index in [4.69, 9.17) is 0 Å². The van der Waals surface area contributed by atoms with E-state index < -0.39 is 0 Å². The first-order valence-corrected chi connectivity index (χ1v) is 12.7. The van der Waals surface area contributed by atoms with E-state index in [1.807, 2.05) is 21.6 Å². The molecule has 0 aliphatic heterocycles. The van der Waals surface area contributed by atoms with Crippen molar-refractivity contribution in [1.82, 2.24) is 9.80 Å². The van der Waals surface area contributed by atoms with Gasteiger partial charge in [-0.2, -0.15) is 11.8 Å². The fraction of sp³-hybridized carbons (Fsp3) is 1.00. The Morgan fingerprint density at radius 1 is 0.522 bits per heavy atom. The molecule has 2 nitrogen and oxygen atoms in total. The summed E-state index contributed by atoms with van der Waals surface area (Å²) in [6, 6.07) is 2.62. The molecule has 0 aromatic rings. The third-order valence-electron chi connectivity index (χ3n) is 3.97. The molecule has 0 heterocycles. The van der Waals surface area contributed by atoms with Gasteiger partial charge in [0.05, 0.1) is 0 Å². The summed E-state index contributed by atoms with van der Waals surface area (Å²) in [5, 5.41) is 0. The molecular weight excluding hydrogens is 340 g/mol. The second-order valence-electron chi connectivity index (χ2n) is 7.11. The van der Waals surface area contributed by atoms with E-state index in [-0.39, 0.29) is 0 Å². The van der Waals surface area contributed by atoms with Gasteiger partial charge in [0.15, 0.2) is 0 Å². The zero-order valence-corrected chi connectivity index (χ0v) is 19.1. The van der Waals surface area contributed by atoms with Crippen molar-refractivity contribution in [3.05, 3.63) is 0 Å². The molecule has 0 atom stereocenters. The van der Waals surface area contributed by atoms with Crippen LogP contribution in [0.4, 0.5) is 0 Å². The van der Waals surface area contributed by atoms with Gasteiger partial charge >= 0.3 is 0 Å². The SMILES string of the molecule is CC(C)N(CCSCCSSCCN(C(C)C)C(C)C)C(C)C. The summed E-state index contributed by atoms with van der Waals surface area (Å²) >= 11 is 2.10. The summed E-state index contributed by atoms with van der Waals surface area (Å²) in [5.74, 6) is 5.04. The maximum atomic E-state index is 2.58. The second kappa shape index (κ2) is 14.2. The average molecular weight is 381 g/mol. The van der Waals surface area contributed by atoms with Crippen LogP contribution in [0.1, 0.15) is 55.4 Å². The molecule has 0 rings (SSSR count). The van der Waals surface area contributed by atoms with Crippen LogP contribution in [0.15, 0.2) is 0 Å². The Balaban J connectivity index is 3.56. The first kappa shape index (κ1) is 24.0. The van der Waals surface area contributed by atoms with Crippen LogP contribution in [-0.2, 0) is 0 Å². The number of rotatable bonds is 14. The van der Waals surface area contributed by atoms with Crippen molar-refractivity contribution in [2.45, 2.75) is 79.6 Å². The molecule has 0 unspecified atom stereocenters. The van der Waals surface area contributed by atoms with Gasteiger partial charge in [0.1, 0.15) is 0 Å². The van der Waals surface area contributed by atoms with Crippen molar-refractivity contribution in [2.75, 3.05) is 36.1 Å². The summed E-state index contributed by atoms with van der Waals surface area (Å²) in [6.45, 7) is 20.8. The van der Waals surface area contributed by atoms with Crippen molar-refractivity contribution in [3.63, 3.8) is 0 Å². The van der Waals surface area contributed by atoms with Crippen LogP contribution in [0.25, 0.3) is 0 Å². The Hall–Kier alpha value is 0.970. The van der Waals surface area contributed by atoms with E-state index in [1.54, 1.807) is 0 Å². The fourth-order valence-electron chi connectivity index (χ4n) is 2.85. The molecule has 0 aliphatic rings. The first-order valence-electron chi connectivity index (χ1n) is 9.11. The summed E-state index contributed by atoms with van der Waals surface area (Å²) in [5.41, 5.74) is 0. The van der Waals surface area contributed by atoms with Gasteiger partial charge in [0, 0.05) is 60.3 Å². The molecule has 0 aromatic heterocycles. The smallest absolute Gasteiger partial charge is 0.0165 e. The number of hydrogen-bond acceptors (Lipinski definition) is 5. The predicted octanol–water partition coefficient (Wildman–Crippen LogP) is 5.34. The van der Waals surface area contributed by atoms with Crippen LogP contribution in [-0.4, -0.2) is 70.1 Å². The van der Waals surface area contributed by atoms with Gasteiger partial charge in [-0.15, -0.1) is 0 Å². The van der Waals surface area contributed by atoms with Gasteiger partial charge in [0.2, 0.25) is 0 Å². The maximum absolute atomic E-state index is 2.58. The van der Waals surface area contributed by atoms with Crippen molar-refractivity contribution in [2.24, 2.45) is 0 Å². The summed E-state index contributed by atoms with van der Waals surface area (Å²) in [7, 11) is 4.09. The standard InChI is InChI=1S/C18H40N2S3/c1-15(2)19(16(3)4)9-11-21-13-14-23-22-12-10-20(17(5)6)18(7)8/h15-18H,9-14H2,1-8H3. The topological polar surface area (TPSA) is 6.48 Å². The summed E-state index contributed by atoms with van der Waals surface area (Å²) < 4.78 is 0. The van der Waals surface area contributed by atoms with E-state index >= 15 is 0 Å². The lowest BCUT2D eigenvalue weighted by molar-refractivity contribution is 0.187. The van der Waals surface area contributed by atoms with Crippen LogP contribution in [0.5, 0.6) is 0 Å². The predicted molar refractivity (Wildman–Crippen MR) is 116 cm³/mol. The van der Waals surface area contributed by atoms with Gasteiger partial charge in [-0.1, -0.05) is 21.6 Å². The molecule has 0 aliphatic carbocycles. The van der Waals surface area contributed by atoms with Crippen LogP contribution >= 0.6 is 33.3 Å². The zero-order valence-electron chi connectivity index (χ0n) is 16.7. The normalized spacial score (nSPS) is 12.8. The highest BCUT2D eigenvalue weighted by Gasteiger charge is 2.13. The Kier molecular flexibility index (Phi) is 14.8. The Morgan fingerprint density at radius 2 is 0.913 bits per heavy atom. The zero-order chi connectivity index (χ0) is 17.8. The molecule has 0 amide bonds. The Labute approximate surface area is 158 Å². The van der Waals surface area contributed by atoms with Gasteiger partial charge < -0.3 is 0 Å². The molecule has 0 saturated carbocycles. The van der Waals surface area contributed by atoms with Crippen LogP contribution in [0, 0.1) is 0 Å². The number of hydrogen-bond donors (Lipinski definition) is 0. The highest BCUT2D eigenvalue weighted by molar-refractivity contribution is 8.76. The fourth-order valence-corrected chi connectivity index (χ4v) is 6.20.